The third-order valence-electron chi connectivity index (χ3n) is 5.05. The molecule has 0 aliphatic carbocycles. The van der Waals surface area contributed by atoms with E-state index in [4.69, 9.17) is 17.0 Å². The number of para-hydroxylation sites is 2. The molecular formula is C23H22ClN3O. The maximum absolute atomic E-state index is 10.7. The van der Waals surface area contributed by atoms with E-state index in [-0.39, 0.29) is 0 Å². The van der Waals surface area contributed by atoms with Crippen molar-refractivity contribution in [1.29, 1.82) is 5.41 Å². The summed E-state index contributed by atoms with van der Waals surface area (Å²) in [5.41, 5.74) is 5.43. The van der Waals surface area contributed by atoms with Gasteiger partial charge >= 0.3 is 0 Å². The fourth-order valence-corrected chi connectivity index (χ4v) is 3.60. The highest BCUT2D eigenvalue weighted by atomic mass is 35.5. The second kappa shape index (κ2) is 7.66. The van der Waals surface area contributed by atoms with Crippen LogP contribution < -0.4 is 5.62 Å². The molecule has 3 aromatic carbocycles. The van der Waals surface area contributed by atoms with Crippen molar-refractivity contribution in [3.63, 3.8) is 0 Å². The summed E-state index contributed by atoms with van der Waals surface area (Å²) in [5.74, 6) is 0. The normalized spacial score (nSPS) is 12.4. The molecule has 2 N–H and O–H groups in total. The van der Waals surface area contributed by atoms with Gasteiger partial charge < -0.3 is 14.2 Å². The number of aliphatic hydroxyl groups excluding tert-OH is 1. The largest absolute Gasteiger partial charge is 0.387 e. The van der Waals surface area contributed by atoms with Crippen LogP contribution in [0.4, 0.5) is 0 Å². The summed E-state index contributed by atoms with van der Waals surface area (Å²) in [6, 6.07) is 23.5. The van der Waals surface area contributed by atoms with Crippen molar-refractivity contribution in [1.82, 2.24) is 9.13 Å². The van der Waals surface area contributed by atoms with Crippen LogP contribution in [0.15, 0.2) is 72.8 Å². The topological polar surface area (TPSA) is 53.9 Å². The summed E-state index contributed by atoms with van der Waals surface area (Å²) in [6.45, 7) is 2.99. The average Bonchev–Trinajstić information content (AvgIpc) is 2.96. The number of aromatic nitrogens is 2. The highest BCUT2D eigenvalue weighted by Gasteiger charge is 2.15. The van der Waals surface area contributed by atoms with Crippen molar-refractivity contribution in [2.75, 3.05) is 0 Å². The monoisotopic (exact) mass is 391 g/mol. The fraction of sp³-hybridized carbons (Fsp3) is 0.174. The minimum Gasteiger partial charge on any atom is -0.387 e. The molecule has 0 aliphatic rings. The third-order valence-corrected chi connectivity index (χ3v) is 5.30. The van der Waals surface area contributed by atoms with Gasteiger partial charge in [0.1, 0.15) is 0 Å². The minimum atomic E-state index is -0.718. The first-order valence-electron chi connectivity index (χ1n) is 9.24. The Morgan fingerprint density at radius 3 is 2.14 bits per heavy atom. The highest BCUT2D eigenvalue weighted by molar-refractivity contribution is 6.30. The predicted molar refractivity (Wildman–Crippen MR) is 112 cm³/mol. The van der Waals surface area contributed by atoms with Crippen molar-refractivity contribution in [2.24, 2.45) is 0 Å². The van der Waals surface area contributed by atoms with E-state index in [9.17, 15) is 5.11 Å². The van der Waals surface area contributed by atoms with Gasteiger partial charge in [0.15, 0.2) is 0 Å². The molecule has 1 aromatic heterocycles. The van der Waals surface area contributed by atoms with Crippen LogP contribution in [0.3, 0.4) is 0 Å². The summed E-state index contributed by atoms with van der Waals surface area (Å²) in [4.78, 5) is 0. The van der Waals surface area contributed by atoms with Crippen molar-refractivity contribution in [2.45, 2.75) is 26.1 Å². The van der Waals surface area contributed by atoms with Gasteiger partial charge in [0.2, 0.25) is 5.62 Å². The molecule has 1 heterocycles. The van der Waals surface area contributed by atoms with E-state index in [1.54, 1.807) is 12.1 Å². The van der Waals surface area contributed by atoms with Gasteiger partial charge in [0, 0.05) is 5.02 Å². The number of benzene rings is 3. The van der Waals surface area contributed by atoms with E-state index in [0.29, 0.717) is 23.7 Å². The molecule has 4 rings (SSSR count). The molecule has 142 valence electrons. The van der Waals surface area contributed by atoms with Gasteiger partial charge in [-0.1, -0.05) is 65.7 Å². The lowest BCUT2D eigenvalue weighted by Crippen LogP contribution is -2.27. The molecule has 28 heavy (non-hydrogen) atoms. The lowest BCUT2D eigenvalue weighted by molar-refractivity contribution is 0.155. The number of halogens is 1. The summed E-state index contributed by atoms with van der Waals surface area (Å²) < 4.78 is 3.84. The number of hydrogen-bond acceptors (Lipinski definition) is 2. The number of nitrogens with zero attached hydrogens (tertiary/aromatic N) is 2. The summed E-state index contributed by atoms with van der Waals surface area (Å²) in [6.07, 6.45) is -0.718. The molecule has 0 bridgehead atoms. The minimum absolute atomic E-state index is 0.307. The highest BCUT2D eigenvalue weighted by Crippen LogP contribution is 2.21. The lowest BCUT2D eigenvalue weighted by Gasteiger charge is -2.13. The van der Waals surface area contributed by atoms with Gasteiger partial charge in [-0.05, 0) is 42.3 Å². The lowest BCUT2D eigenvalue weighted by atomic mass is 10.1. The fourth-order valence-electron chi connectivity index (χ4n) is 3.48. The maximum Gasteiger partial charge on any atom is 0.203 e. The molecule has 0 radical (unpaired) electrons. The SMILES string of the molecule is Cc1ccc(Cn2c(=N)n(CC(O)c3ccc(Cl)cc3)c3ccccc32)cc1. The Kier molecular flexibility index (Phi) is 5.07. The molecule has 1 atom stereocenters. The van der Waals surface area contributed by atoms with Crippen molar-refractivity contribution >= 4 is 22.6 Å². The van der Waals surface area contributed by atoms with E-state index in [2.05, 4.69) is 31.2 Å². The van der Waals surface area contributed by atoms with E-state index in [0.717, 1.165) is 22.2 Å². The van der Waals surface area contributed by atoms with Crippen molar-refractivity contribution in [3.05, 3.63) is 100 Å². The van der Waals surface area contributed by atoms with E-state index in [1.807, 2.05) is 45.5 Å². The Morgan fingerprint density at radius 1 is 0.893 bits per heavy atom. The number of hydrogen-bond donors (Lipinski definition) is 2. The van der Waals surface area contributed by atoms with Crippen molar-refractivity contribution < 1.29 is 5.11 Å². The second-order valence-corrected chi connectivity index (χ2v) is 7.50. The predicted octanol–water partition coefficient (Wildman–Crippen LogP) is 4.67. The summed E-state index contributed by atoms with van der Waals surface area (Å²) in [5, 5.41) is 20.1. The molecule has 0 amide bonds. The molecule has 0 aliphatic heterocycles. The number of aliphatic hydroxyl groups is 1. The number of rotatable bonds is 5. The Balaban J connectivity index is 1.72. The van der Waals surface area contributed by atoms with Crippen LogP contribution in [0, 0.1) is 12.3 Å². The zero-order valence-electron chi connectivity index (χ0n) is 15.6. The van der Waals surface area contributed by atoms with Crippen LogP contribution >= 0.6 is 11.6 Å². The number of nitrogens with one attached hydrogen (secondary N) is 1. The molecule has 0 spiro atoms. The van der Waals surface area contributed by atoms with Gasteiger partial charge in [-0.25, -0.2) is 0 Å². The van der Waals surface area contributed by atoms with Crippen molar-refractivity contribution in [3.8, 4) is 0 Å². The molecule has 1 unspecified atom stereocenters. The van der Waals surface area contributed by atoms with Gasteiger partial charge in [-0.3, -0.25) is 5.41 Å². The van der Waals surface area contributed by atoms with Gasteiger partial charge in [0.05, 0.1) is 30.2 Å². The number of fused-ring (bicyclic) bond motifs is 1. The summed E-state index contributed by atoms with van der Waals surface area (Å²) >= 11 is 5.95. The zero-order valence-corrected chi connectivity index (χ0v) is 16.4. The Bertz CT molecular complexity index is 1160. The Labute approximate surface area is 168 Å². The first-order chi connectivity index (χ1) is 13.5. The summed E-state index contributed by atoms with van der Waals surface area (Å²) in [7, 11) is 0. The number of imidazole rings is 1. The van der Waals surface area contributed by atoms with Crippen LogP contribution in [0.2, 0.25) is 5.02 Å². The molecule has 0 fully saturated rings. The van der Waals surface area contributed by atoms with Gasteiger partial charge in [-0.2, -0.15) is 0 Å². The maximum atomic E-state index is 10.7. The average molecular weight is 392 g/mol. The molecule has 4 nitrogen and oxygen atoms in total. The quantitative estimate of drug-likeness (QED) is 0.510. The second-order valence-electron chi connectivity index (χ2n) is 7.06. The van der Waals surface area contributed by atoms with Crippen LogP contribution in [0.1, 0.15) is 22.8 Å². The molecular weight excluding hydrogens is 370 g/mol. The van der Waals surface area contributed by atoms with Crippen LogP contribution in [-0.4, -0.2) is 14.2 Å². The molecule has 5 heteroatoms. The van der Waals surface area contributed by atoms with E-state index in [1.165, 1.54) is 5.56 Å². The Hall–Kier alpha value is -2.82. The standard InChI is InChI=1S/C23H22ClN3O/c1-16-6-8-17(9-7-16)14-26-20-4-2-3-5-21(20)27(23(26)25)15-22(28)18-10-12-19(24)13-11-18/h2-13,22,25,28H,14-15H2,1H3. The van der Waals surface area contributed by atoms with Crippen LogP contribution in [-0.2, 0) is 13.1 Å². The Morgan fingerprint density at radius 2 is 1.50 bits per heavy atom. The first-order valence-corrected chi connectivity index (χ1v) is 9.62. The molecule has 0 saturated carbocycles. The zero-order chi connectivity index (χ0) is 19.7. The smallest absolute Gasteiger partial charge is 0.203 e. The van der Waals surface area contributed by atoms with Gasteiger partial charge in [-0.15, -0.1) is 0 Å². The number of aryl methyl sites for hydroxylation is 1. The molecule has 0 saturated heterocycles. The first kappa shape index (κ1) is 18.5. The van der Waals surface area contributed by atoms with Crippen LogP contribution in [0.5, 0.6) is 0 Å². The van der Waals surface area contributed by atoms with Gasteiger partial charge in [0.25, 0.3) is 0 Å². The third kappa shape index (κ3) is 3.61. The van der Waals surface area contributed by atoms with E-state index >= 15 is 0 Å². The van der Waals surface area contributed by atoms with Crippen LogP contribution in [0.25, 0.3) is 11.0 Å². The van der Waals surface area contributed by atoms with E-state index < -0.39 is 6.10 Å². The molecule has 4 aromatic rings.